The smallest absolute Gasteiger partial charge is 0.295 e. The van der Waals surface area contributed by atoms with Crippen LogP contribution in [0.1, 0.15) is 30.5 Å². The molecule has 2 N–H and O–H groups in total. The SMILES string of the molecule is CCCN1C(=O)C(=O)/C(=C(\O)c2cccc3ccccc23)C1c1ccc(O)c(Cl)c1. The van der Waals surface area contributed by atoms with E-state index in [9.17, 15) is 19.8 Å². The van der Waals surface area contributed by atoms with Gasteiger partial charge in [0.05, 0.1) is 16.6 Å². The number of ketones is 1. The standard InChI is InChI=1S/C24H20ClNO4/c1-2-12-26-21(15-10-11-19(27)18(25)13-15)20(23(29)24(26)30)22(28)17-9-5-7-14-6-3-4-8-16(14)17/h3-11,13,21,27-28H,2,12H2,1H3/b22-20-. The van der Waals surface area contributed by atoms with Gasteiger partial charge < -0.3 is 15.1 Å². The Hall–Kier alpha value is -3.31. The van der Waals surface area contributed by atoms with E-state index in [1.807, 2.05) is 37.3 Å². The van der Waals surface area contributed by atoms with Crippen LogP contribution in [0.25, 0.3) is 16.5 Å². The van der Waals surface area contributed by atoms with Crippen LogP contribution in [0.4, 0.5) is 0 Å². The number of aliphatic hydroxyl groups is 1. The molecule has 0 spiro atoms. The number of aromatic hydroxyl groups is 1. The van der Waals surface area contributed by atoms with Crippen LogP contribution >= 0.6 is 11.6 Å². The van der Waals surface area contributed by atoms with Crippen molar-refractivity contribution < 1.29 is 19.8 Å². The van der Waals surface area contributed by atoms with Crippen molar-refractivity contribution in [2.75, 3.05) is 6.54 Å². The molecular weight excluding hydrogens is 402 g/mol. The molecule has 152 valence electrons. The fraction of sp³-hybridized carbons (Fsp3) is 0.167. The van der Waals surface area contributed by atoms with Gasteiger partial charge in [0.25, 0.3) is 11.7 Å². The Morgan fingerprint density at radius 2 is 1.80 bits per heavy atom. The number of rotatable bonds is 4. The van der Waals surface area contributed by atoms with Crippen molar-refractivity contribution in [2.24, 2.45) is 0 Å². The molecule has 1 aliphatic rings. The molecule has 1 aliphatic heterocycles. The molecule has 6 heteroatoms. The van der Waals surface area contributed by atoms with Gasteiger partial charge in [-0.05, 0) is 34.9 Å². The Kier molecular flexibility index (Phi) is 5.22. The quantitative estimate of drug-likeness (QED) is 0.352. The molecule has 1 heterocycles. The van der Waals surface area contributed by atoms with Crippen molar-refractivity contribution in [1.29, 1.82) is 0 Å². The van der Waals surface area contributed by atoms with E-state index >= 15 is 0 Å². The highest BCUT2D eigenvalue weighted by Gasteiger charge is 2.45. The van der Waals surface area contributed by atoms with Crippen LogP contribution in [0.15, 0.2) is 66.2 Å². The van der Waals surface area contributed by atoms with Crippen molar-refractivity contribution in [3.05, 3.63) is 82.4 Å². The summed E-state index contributed by atoms with van der Waals surface area (Å²) in [5, 5.41) is 22.8. The summed E-state index contributed by atoms with van der Waals surface area (Å²) in [6, 6.07) is 16.7. The third kappa shape index (κ3) is 3.21. The number of hydrogen-bond acceptors (Lipinski definition) is 4. The maximum atomic E-state index is 13.0. The molecule has 3 aromatic carbocycles. The van der Waals surface area contributed by atoms with Gasteiger partial charge in [-0.15, -0.1) is 0 Å². The number of nitrogens with zero attached hydrogens (tertiary/aromatic N) is 1. The number of Topliss-reactive ketones (excluding diaryl/α,β-unsaturated/α-hetero) is 1. The topological polar surface area (TPSA) is 77.8 Å². The van der Waals surface area contributed by atoms with Crippen LogP contribution in [0.3, 0.4) is 0 Å². The fourth-order valence-electron chi connectivity index (χ4n) is 3.97. The number of fused-ring (bicyclic) bond motifs is 1. The van der Waals surface area contributed by atoms with Crippen LogP contribution in [0.2, 0.25) is 5.02 Å². The predicted octanol–water partition coefficient (Wildman–Crippen LogP) is 5.03. The summed E-state index contributed by atoms with van der Waals surface area (Å²) in [4.78, 5) is 27.2. The van der Waals surface area contributed by atoms with Crippen molar-refractivity contribution in [1.82, 2.24) is 4.90 Å². The Labute approximate surface area is 178 Å². The summed E-state index contributed by atoms with van der Waals surface area (Å²) >= 11 is 6.10. The van der Waals surface area contributed by atoms with Gasteiger partial charge in [-0.1, -0.05) is 67.1 Å². The minimum absolute atomic E-state index is 0.0200. The number of carbonyl (C=O) groups is 2. The van der Waals surface area contributed by atoms with Gasteiger partial charge in [0.15, 0.2) is 0 Å². The van der Waals surface area contributed by atoms with E-state index in [-0.39, 0.29) is 22.1 Å². The van der Waals surface area contributed by atoms with Crippen molar-refractivity contribution >= 4 is 39.8 Å². The maximum Gasteiger partial charge on any atom is 0.295 e. The van der Waals surface area contributed by atoms with Crippen molar-refractivity contribution in [2.45, 2.75) is 19.4 Å². The highest BCUT2D eigenvalue weighted by atomic mass is 35.5. The molecule has 5 nitrogen and oxygen atoms in total. The lowest BCUT2D eigenvalue weighted by atomic mass is 9.93. The fourth-order valence-corrected chi connectivity index (χ4v) is 4.16. The van der Waals surface area contributed by atoms with Crippen LogP contribution in [-0.4, -0.2) is 33.3 Å². The zero-order valence-corrected chi connectivity index (χ0v) is 17.1. The number of aliphatic hydroxyl groups excluding tert-OH is 1. The van der Waals surface area contributed by atoms with E-state index in [1.54, 1.807) is 18.2 Å². The van der Waals surface area contributed by atoms with Gasteiger partial charge in [-0.3, -0.25) is 9.59 Å². The third-order valence-electron chi connectivity index (χ3n) is 5.34. The van der Waals surface area contributed by atoms with Gasteiger partial charge in [-0.25, -0.2) is 0 Å². The number of phenols is 1. The summed E-state index contributed by atoms with van der Waals surface area (Å²) in [7, 11) is 0. The predicted molar refractivity (Wildman–Crippen MR) is 116 cm³/mol. The first kappa shape index (κ1) is 20.0. The Morgan fingerprint density at radius 1 is 1.07 bits per heavy atom. The van der Waals surface area contributed by atoms with E-state index in [0.717, 1.165) is 10.8 Å². The zero-order chi connectivity index (χ0) is 21.4. The lowest BCUT2D eigenvalue weighted by Crippen LogP contribution is -2.30. The minimum atomic E-state index is -0.790. The number of phenolic OH excluding ortho intramolecular Hbond substituents is 1. The lowest BCUT2D eigenvalue weighted by Gasteiger charge is -2.25. The number of hydrogen-bond donors (Lipinski definition) is 2. The Bertz CT molecular complexity index is 1200. The largest absolute Gasteiger partial charge is 0.507 e. The lowest BCUT2D eigenvalue weighted by molar-refractivity contribution is -0.139. The average molecular weight is 422 g/mol. The summed E-state index contributed by atoms with van der Waals surface area (Å²) in [5.41, 5.74) is 1.05. The first-order valence-corrected chi connectivity index (χ1v) is 10.1. The Morgan fingerprint density at radius 3 is 2.53 bits per heavy atom. The molecule has 0 radical (unpaired) electrons. The molecule has 0 aromatic heterocycles. The van der Waals surface area contributed by atoms with Gasteiger partial charge >= 0.3 is 0 Å². The van der Waals surface area contributed by atoms with E-state index in [4.69, 9.17) is 11.6 Å². The minimum Gasteiger partial charge on any atom is -0.507 e. The molecule has 0 bridgehead atoms. The molecule has 0 saturated carbocycles. The Balaban J connectivity index is 1.97. The molecule has 0 aliphatic carbocycles. The molecule has 1 unspecified atom stereocenters. The second-order valence-electron chi connectivity index (χ2n) is 7.23. The average Bonchev–Trinajstić information content (AvgIpc) is 3.00. The van der Waals surface area contributed by atoms with E-state index in [0.29, 0.717) is 24.1 Å². The first-order chi connectivity index (χ1) is 14.4. The first-order valence-electron chi connectivity index (χ1n) is 9.69. The molecular formula is C24H20ClNO4. The number of amides is 1. The third-order valence-corrected chi connectivity index (χ3v) is 5.64. The number of carbonyl (C=O) groups excluding carboxylic acids is 2. The molecule has 1 saturated heterocycles. The van der Waals surface area contributed by atoms with Crippen LogP contribution in [-0.2, 0) is 9.59 Å². The summed E-state index contributed by atoms with van der Waals surface area (Å²) in [6.07, 6.45) is 0.643. The molecule has 3 aromatic rings. The van der Waals surface area contributed by atoms with Crippen LogP contribution < -0.4 is 0 Å². The normalized spacial score (nSPS) is 18.3. The van der Waals surface area contributed by atoms with Gasteiger partial charge in [-0.2, -0.15) is 0 Å². The second-order valence-corrected chi connectivity index (χ2v) is 7.64. The summed E-state index contributed by atoms with van der Waals surface area (Å²) in [5.74, 6) is -1.71. The molecule has 1 atom stereocenters. The van der Waals surface area contributed by atoms with Crippen LogP contribution in [0.5, 0.6) is 5.75 Å². The monoisotopic (exact) mass is 421 g/mol. The maximum absolute atomic E-state index is 13.0. The van der Waals surface area contributed by atoms with E-state index in [1.165, 1.54) is 17.0 Å². The number of likely N-dealkylation sites (tertiary alicyclic amines) is 1. The molecule has 30 heavy (non-hydrogen) atoms. The zero-order valence-electron chi connectivity index (χ0n) is 16.3. The number of benzene rings is 3. The summed E-state index contributed by atoms with van der Waals surface area (Å²) < 4.78 is 0. The van der Waals surface area contributed by atoms with Gasteiger partial charge in [0.2, 0.25) is 0 Å². The van der Waals surface area contributed by atoms with Crippen molar-refractivity contribution in [3.63, 3.8) is 0 Å². The highest BCUT2D eigenvalue weighted by Crippen LogP contribution is 2.42. The van der Waals surface area contributed by atoms with E-state index < -0.39 is 17.7 Å². The molecule has 1 fully saturated rings. The molecule has 1 amide bonds. The van der Waals surface area contributed by atoms with Gasteiger partial charge in [0.1, 0.15) is 11.5 Å². The number of halogens is 1. The van der Waals surface area contributed by atoms with Crippen molar-refractivity contribution in [3.8, 4) is 5.75 Å². The van der Waals surface area contributed by atoms with E-state index in [2.05, 4.69) is 0 Å². The molecule has 4 rings (SSSR count). The van der Waals surface area contributed by atoms with Crippen LogP contribution in [0, 0.1) is 0 Å². The summed E-state index contributed by atoms with van der Waals surface area (Å²) in [6.45, 7) is 2.25. The second kappa shape index (κ2) is 7.84. The van der Waals surface area contributed by atoms with Gasteiger partial charge in [0, 0.05) is 12.1 Å². The highest BCUT2D eigenvalue weighted by molar-refractivity contribution is 6.46.